The molecule has 3 rings (SSSR count). The molecule has 1 aromatic carbocycles. The molecule has 0 aliphatic heterocycles. The number of benzene rings is 1. The van der Waals surface area contributed by atoms with Crippen LogP contribution >= 0.6 is 11.6 Å². The summed E-state index contributed by atoms with van der Waals surface area (Å²) in [6.45, 7) is 4.25. The number of nitrogens with zero attached hydrogens (tertiary/aromatic N) is 1. The van der Waals surface area contributed by atoms with Crippen LogP contribution in [0.1, 0.15) is 37.5 Å². The van der Waals surface area contributed by atoms with Crippen molar-refractivity contribution < 1.29 is 13.5 Å². The third-order valence-electron chi connectivity index (χ3n) is 4.07. The maximum atomic E-state index is 12.7. The van der Waals surface area contributed by atoms with E-state index in [-0.39, 0.29) is 16.0 Å². The Hall–Kier alpha value is -1.21. The lowest BCUT2D eigenvalue weighted by Gasteiger charge is -2.15. The maximum absolute atomic E-state index is 12.7. The molecule has 0 saturated heterocycles. The van der Waals surface area contributed by atoms with Gasteiger partial charge in [0, 0.05) is 23.5 Å². The van der Waals surface area contributed by atoms with E-state index in [1.165, 1.54) is 0 Å². The van der Waals surface area contributed by atoms with Crippen LogP contribution in [0.25, 0.3) is 10.8 Å². The van der Waals surface area contributed by atoms with Crippen LogP contribution in [0.15, 0.2) is 23.2 Å². The molecule has 1 atom stereocenters. The van der Waals surface area contributed by atoms with E-state index >= 15 is 0 Å². The minimum Gasteiger partial charge on any atom is -0.388 e. The predicted molar refractivity (Wildman–Crippen MR) is 90.1 cm³/mol. The fraction of sp³-hybridized carbons (Fsp3) is 0.438. The lowest BCUT2D eigenvalue weighted by molar-refractivity contribution is 0.181. The fourth-order valence-electron chi connectivity index (χ4n) is 2.95. The quantitative estimate of drug-likeness (QED) is 0.827. The number of nitrogens with one attached hydrogen (secondary N) is 1. The van der Waals surface area contributed by atoms with Crippen molar-refractivity contribution in [1.29, 1.82) is 0 Å². The summed E-state index contributed by atoms with van der Waals surface area (Å²) in [5, 5.41) is 11.6. The third kappa shape index (κ3) is 3.08. The van der Waals surface area contributed by atoms with Crippen molar-refractivity contribution in [1.82, 2.24) is 9.71 Å². The molecule has 124 valence electrons. The van der Waals surface area contributed by atoms with Crippen LogP contribution in [0, 0.1) is 5.92 Å². The molecule has 0 radical (unpaired) electrons. The van der Waals surface area contributed by atoms with Gasteiger partial charge in [0.25, 0.3) is 0 Å². The molecule has 0 fully saturated rings. The van der Waals surface area contributed by atoms with Crippen molar-refractivity contribution in [2.75, 3.05) is 6.54 Å². The number of rotatable bonds is 4. The minimum absolute atomic E-state index is 0.199. The van der Waals surface area contributed by atoms with Gasteiger partial charge in [-0.15, -0.1) is 0 Å². The first-order valence-electron chi connectivity index (χ1n) is 7.58. The first-order valence-corrected chi connectivity index (χ1v) is 9.44. The summed E-state index contributed by atoms with van der Waals surface area (Å²) < 4.78 is 28.0. The summed E-state index contributed by atoms with van der Waals surface area (Å²) in [6.07, 6.45) is 2.21. The predicted octanol–water partition coefficient (Wildman–Crippen LogP) is 2.80. The Kier molecular flexibility index (Phi) is 4.35. The summed E-state index contributed by atoms with van der Waals surface area (Å²) in [6, 6.07) is 3.21. The molecular formula is C16H19ClN2O3S. The molecule has 1 heterocycles. The monoisotopic (exact) mass is 354 g/mol. The highest BCUT2D eigenvalue weighted by Crippen LogP contribution is 2.39. The zero-order chi connectivity index (χ0) is 16.8. The van der Waals surface area contributed by atoms with Crippen LogP contribution in [0.5, 0.6) is 0 Å². The fourth-order valence-corrected chi connectivity index (χ4v) is 4.57. The van der Waals surface area contributed by atoms with Gasteiger partial charge in [-0.25, -0.2) is 18.1 Å². The van der Waals surface area contributed by atoms with Gasteiger partial charge in [-0.1, -0.05) is 25.4 Å². The molecule has 2 aromatic rings. The molecule has 0 bridgehead atoms. The summed E-state index contributed by atoms with van der Waals surface area (Å²) in [5.41, 5.74) is 1.63. The Morgan fingerprint density at radius 3 is 2.83 bits per heavy atom. The van der Waals surface area contributed by atoms with Gasteiger partial charge in [-0.2, -0.15) is 0 Å². The lowest BCUT2D eigenvalue weighted by Crippen LogP contribution is -2.28. The highest BCUT2D eigenvalue weighted by atomic mass is 35.5. The first-order chi connectivity index (χ1) is 10.8. The number of fused-ring (bicyclic) bond motifs is 3. The standard InChI is InChI=1S/C16H19ClN2O3S/c1-9(2)7-19-23(21,22)14-5-10-3-4-13(20)16(10)12-8-18-15(17)6-11(12)14/h5-6,8-9,13,19-20H,3-4,7H2,1-2H3. The molecule has 5 nitrogen and oxygen atoms in total. The highest BCUT2D eigenvalue weighted by Gasteiger charge is 2.28. The van der Waals surface area contributed by atoms with E-state index in [1.54, 1.807) is 18.3 Å². The van der Waals surface area contributed by atoms with E-state index in [0.29, 0.717) is 30.2 Å². The van der Waals surface area contributed by atoms with Crippen LogP contribution in [0.4, 0.5) is 0 Å². The first kappa shape index (κ1) is 16.6. The van der Waals surface area contributed by atoms with Gasteiger partial charge in [0.2, 0.25) is 10.0 Å². The number of sulfonamides is 1. The molecule has 0 amide bonds. The maximum Gasteiger partial charge on any atom is 0.241 e. The average Bonchev–Trinajstić information content (AvgIpc) is 2.86. The summed E-state index contributed by atoms with van der Waals surface area (Å²) in [7, 11) is -3.66. The van der Waals surface area contributed by atoms with E-state index in [9.17, 15) is 13.5 Å². The number of aromatic nitrogens is 1. The van der Waals surface area contributed by atoms with Gasteiger partial charge >= 0.3 is 0 Å². The summed E-state index contributed by atoms with van der Waals surface area (Å²) in [5.74, 6) is 0.206. The minimum atomic E-state index is -3.66. The Morgan fingerprint density at radius 1 is 1.39 bits per heavy atom. The van der Waals surface area contributed by atoms with Crippen molar-refractivity contribution in [3.05, 3.63) is 34.6 Å². The van der Waals surface area contributed by atoms with Gasteiger partial charge in [0.15, 0.2) is 0 Å². The molecular weight excluding hydrogens is 336 g/mol. The van der Waals surface area contributed by atoms with E-state index < -0.39 is 16.1 Å². The molecule has 7 heteroatoms. The topological polar surface area (TPSA) is 79.3 Å². The number of halogens is 1. The number of aliphatic hydroxyl groups excluding tert-OH is 1. The Balaban J connectivity index is 2.24. The largest absolute Gasteiger partial charge is 0.388 e. The molecule has 23 heavy (non-hydrogen) atoms. The van der Waals surface area contributed by atoms with Gasteiger partial charge < -0.3 is 5.11 Å². The Bertz CT molecular complexity index is 865. The average molecular weight is 355 g/mol. The zero-order valence-electron chi connectivity index (χ0n) is 13.0. The van der Waals surface area contributed by atoms with Crippen molar-refractivity contribution in [3.63, 3.8) is 0 Å². The molecule has 1 unspecified atom stereocenters. The van der Waals surface area contributed by atoms with Crippen LogP contribution in [0.3, 0.4) is 0 Å². The summed E-state index contributed by atoms with van der Waals surface area (Å²) >= 11 is 5.97. The zero-order valence-corrected chi connectivity index (χ0v) is 14.6. The molecule has 0 spiro atoms. The van der Waals surface area contributed by atoms with Crippen LogP contribution in [-0.4, -0.2) is 25.1 Å². The SMILES string of the molecule is CC(C)CNS(=O)(=O)c1cc2c(c3cnc(Cl)cc13)C(O)CC2. The second-order valence-corrected chi connectivity index (χ2v) is 8.42. The molecule has 1 aliphatic carbocycles. The van der Waals surface area contributed by atoms with Crippen molar-refractivity contribution >= 4 is 32.4 Å². The number of hydrogen-bond donors (Lipinski definition) is 2. The Morgan fingerprint density at radius 2 is 2.13 bits per heavy atom. The van der Waals surface area contributed by atoms with E-state index in [2.05, 4.69) is 9.71 Å². The molecule has 1 aliphatic rings. The number of pyridine rings is 1. The van der Waals surface area contributed by atoms with Gasteiger partial charge in [0.1, 0.15) is 5.15 Å². The third-order valence-corrected chi connectivity index (χ3v) is 5.74. The second-order valence-electron chi connectivity index (χ2n) is 6.30. The van der Waals surface area contributed by atoms with Gasteiger partial charge in [-0.05, 0) is 42.0 Å². The normalized spacial score (nSPS) is 17.9. The van der Waals surface area contributed by atoms with E-state index in [1.807, 2.05) is 13.8 Å². The van der Waals surface area contributed by atoms with Crippen molar-refractivity contribution in [2.24, 2.45) is 5.92 Å². The number of aryl methyl sites for hydroxylation is 1. The van der Waals surface area contributed by atoms with Crippen LogP contribution in [-0.2, 0) is 16.4 Å². The van der Waals surface area contributed by atoms with Crippen LogP contribution < -0.4 is 4.72 Å². The van der Waals surface area contributed by atoms with Crippen LogP contribution in [0.2, 0.25) is 5.15 Å². The number of hydrogen-bond acceptors (Lipinski definition) is 4. The summed E-state index contributed by atoms with van der Waals surface area (Å²) in [4.78, 5) is 4.26. The van der Waals surface area contributed by atoms with Gasteiger partial charge in [-0.3, -0.25) is 0 Å². The van der Waals surface area contributed by atoms with Crippen molar-refractivity contribution in [3.8, 4) is 0 Å². The number of aliphatic hydroxyl groups is 1. The highest BCUT2D eigenvalue weighted by molar-refractivity contribution is 7.89. The smallest absolute Gasteiger partial charge is 0.241 e. The van der Waals surface area contributed by atoms with Crippen molar-refractivity contribution in [2.45, 2.75) is 37.7 Å². The molecule has 1 aromatic heterocycles. The second kappa shape index (κ2) is 6.02. The Labute approximate surface area is 140 Å². The van der Waals surface area contributed by atoms with E-state index in [4.69, 9.17) is 11.6 Å². The van der Waals surface area contributed by atoms with Gasteiger partial charge in [0.05, 0.1) is 11.0 Å². The molecule has 2 N–H and O–H groups in total. The lowest BCUT2D eigenvalue weighted by atomic mass is 10.0. The molecule has 0 saturated carbocycles. The van der Waals surface area contributed by atoms with E-state index in [0.717, 1.165) is 11.1 Å².